The van der Waals surface area contributed by atoms with Gasteiger partial charge in [-0.1, -0.05) is 6.07 Å². The Morgan fingerprint density at radius 1 is 1.19 bits per heavy atom. The van der Waals surface area contributed by atoms with Crippen molar-refractivity contribution in [2.75, 3.05) is 36.9 Å². The summed E-state index contributed by atoms with van der Waals surface area (Å²) in [6.45, 7) is 3.58. The standard InChI is InChI=1S/C25H28N6O5S/c1-13-2-5-16-20(26)21(37-23(16)27-13)22(32)28-15-4-6-17-14(10-15)3-7-19(29-17)31-11-18(30-24(33)34)25(12-31)35-8-9-36-25/h2-3,5,7,15,18,30H,4,6,8-12,26H2,1H3,(H,28,32)(H,33,34)/t15-,18+/m0/s1. The maximum atomic E-state index is 13.1. The molecule has 0 unspecified atom stereocenters. The predicted molar refractivity (Wildman–Crippen MR) is 138 cm³/mol. The van der Waals surface area contributed by atoms with Crippen LogP contribution in [0.3, 0.4) is 0 Å². The lowest BCUT2D eigenvalue weighted by Gasteiger charge is -2.28. The third kappa shape index (κ3) is 4.34. The maximum Gasteiger partial charge on any atom is 0.405 e. The first-order valence-corrected chi connectivity index (χ1v) is 13.1. The van der Waals surface area contributed by atoms with E-state index in [9.17, 15) is 14.7 Å². The number of pyridine rings is 2. The van der Waals surface area contributed by atoms with Crippen LogP contribution >= 0.6 is 11.3 Å². The molecule has 6 rings (SSSR count). The highest BCUT2D eigenvalue weighted by atomic mass is 32.1. The van der Waals surface area contributed by atoms with Gasteiger partial charge in [0.05, 0.1) is 25.4 Å². The zero-order valence-corrected chi connectivity index (χ0v) is 21.1. The number of nitrogens with zero attached hydrogens (tertiary/aromatic N) is 3. The van der Waals surface area contributed by atoms with Crippen LogP contribution < -0.4 is 21.3 Å². The monoisotopic (exact) mass is 524 g/mol. The number of carbonyl (C=O) groups is 2. The van der Waals surface area contributed by atoms with Gasteiger partial charge >= 0.3 is 6.09 Å². The number of aryl methyl sites for hydroxylation is 2. The number of carboxylic acid groups (broad SMARTS) is 1. The van der Waals surface area contributed by atoms with Crippen molar-refractivity contribution in [2.45, 2.75) is 44.1 Å². The zero-order chi connectivity index (χ0) is 25.7. The summed E-state index contributed by atoms with van der Waals surface area (Å²) in [4.78, 5) is 37.0. The van der Waals surface area contributed by atoms with Crippen LogP contribution in [0, 0.1) is 6.92 Å². The Balaban J connectivity index is 1.15. The summed E-state index contributed by atoms with van der Waals surface area (Å²) < 4.78 is 11.7. The van der Waals surface area contributed by atoms with E-state index >= 15 is 0 Å². The summed E-state index contributed by atoms with van der Waals surface area (Å²) in [7, 11) is 0. The number of carbonyl (C=O) groups excluding carboxylic acids is 1. The van der Waals surface area contributed by atoms with Gasteiger partial charge in [0.2, 0.25) is 5.79 Å². The molecule has 5 heterocycles. The molecular formula is C25H28N6O5S. The summed E-state index contributed by atoms with van der Waals surface area (Å²) in [5.41, 5.74) is 9.70. The topological polar surface area (TPSA) is 152 Å². The number of ether oxygens (including phenoxy) is 2. The smallest absolute Gasteiger partial charge is 0.405 e. The summed E-state index contributed by atoms with van der Waals surface area (Å²) in [5, 5.41) is 15.8. The molecule has 11 nitrogen and oxygen atoms in total. The van der Waals surface area contributed by atoms with Crippen LogP contribution in [0.5, 0.6) is 0 Å². The number of nitrogen functional groups attached to an aromatic ring is 1. The Morgan fingerprint density at radius 3 is 2.78 bits per heavy atom. The molecular weight excluding hydrogens is 496 g/mol. The second kappa shape index (κ2) is 9.12. The molecule has 1 spiro atoms. The first-order valence-electron chi connectivity index (χ1n) is 12.3. The van der Waals surface area contributed by atoms with Gasteiger partial charge in [-0.2, -0.15) is 0 Å². The molecule has 0 bridgehead atoms. The molecule has 0 aromatic carbocycles. The molecule has 37 heavy (non-hydrogen) atoms. The van der Waals surface area contributed by atoms with Gasteiger partial charge in [0, 0.05) is 29.4 Å². The first-order chi connectivity index (χ1) is 17.8. The third-order valence-electron chi connectivity index (χ3n) is 7.27. The largest absolute Gasteiger partial charge is 0.465 e. The Morgan fingerprint density at radius 2 is 2.00 bits per heavy atom. The fraction of sp³-hybridized carbons (Fsp3) is 0.440. The van der Waals surface area contributed by atoms with E-state index in [2.05, 4.69) is 15.6 Å². The van der Waals surface area contributed by atoms with E-state index in [4.69, 9.17) is 20.2 Å². The predicted octanol–water partition coefficient (Wildman–Crippen LogP) is 2.07. The van der Waals surface area contributed by atoms with Crippen molar-refractivity contribution in [2.24, 2.45) is 0 Å². The Hall–Kier alpha value is -3.48. The van der Waals surface area contributed by atoms with Crippen molar-refractivity contribution >= 4 is 45.1 Å². The second-order valence-electron chi connectivity index (χ2n) is 9.73. The minimum atomic E-state index is -1.11. The molecule has 2 fully saturated rings. The lowest BCUT2D eigenvalue weighted by atomic mass is 9.91. The van der Waals surface area contributed by atoms with Crippen LogP contribution in [-0.4, -0.2) is 71.2 Å². The lowest BCUT2D eigenvalue weighted by molar-refractivity contribution is -0.152. The molecule has 3 aromatic heterocycles. The van der Waals surface area contributed by atoms with Crippen LogP contribution in [-0.2, 0) is 22.3 Å². The van der Waals surface area contributed by atoms with Gasteiger partial charge in [0.25, 0.3) is 5.91 Å². The van der Waals surface area contributed by atoms with E-state index in [1.807, 2.05) is 36.1 Å². The highest BCUT2D eigenvalue weighted by molar-refractivity contribution is 7.21. The molecule has 0 radical (unpaired) electrons. The molecule has 2 saturated heterocycles. The van der Waals surface area contributed by atoms with Crippen LogP contribution in [0.25, 0.3) is 10.2 Å². The van der Waals surface area contributed by atoms with Gasteiger partial charge < -0.3 is 35.8 Å². The van der Waals surface area contributed by atoms with E-state index in [-0.39, 0.29) is 11.9 Å². The molecule has 5 N–H and O–H groups in total. The second-order valence-corrected chi connectivity index (χ2v) is 10.7. The number of aromatic nitrogens is 2. The summed E-state index contributed by atoms with van der Waals surface area (Å²) in [5.74, 6) is -0.407. The maximum absolute atomic E-state index is 13.1. The number of fused-ring (bicyclic) bond motifs is 2. The van der Waals surface area contributed by atoms with Gasteiger partial charge in [-0.3, -0.25) is 4.79 Å². The van der Waals surface area contributed by atoms with Gasteiger partial charge in [0.15, 0.2) is 0 Å². The average molecular weight is 525 g/mol. The van der Waals surface area contributed by atoms with Gasteiger partial charge in [0.1, 0.15) is 21.6 Å². The molecule has 2 amide bonds. The molecule has 12 heteroatoms. The van der Waals surface area contributed by atoms with Gasteiger partial charge in [-0.25, -0.2) is 14.8 Å². The number of hydrogen-bond acceptors (Lipinski definition) is 9. The number of nitrogens with one attached hydrogen (secondary N) is 2. The van der Waals surface area contributed by atoms with Crippen molar-refractivity contribution in [3.63, 3.8) is 0 Å². The van der Waals surface area contributed by atoms with Crippen molar-refractivity contribution < 1.29 is 24.2 Å². The van der Waals surface area contributed by atoms with Crippen LogP contribution in [0.15, 0.2) is 24.3 Å². The van der Waals surface area contributed by atoms with Gasteiger partial charge in [-0.05, 0) is 49.9 Å². The van der Waals surface area contributed by atoms with E-state index in [0.717, 1.165) is 45.8 Å². The third-order valence-corrected chi connectivity index (χ3v) is 8.38. The molecule has 2 atom stereocenters. The van der Waals surface area contributed by atoms with Crippen LogP contribution in [0.1, 0.15) is 33.0 Å². The first kappa shape index (κ1) is 23.9. The zero-order valence-electron chi connectivity index (χ0n) is 20.3. The highest BCUT2D eigenvalue weighted by Gasteiger charge is 2.52. The Labute approximate surface area is 217 Å². The van der Waals surface area contributed by atoms with E-state index in [1.165, 1.54) is 11.3 Å². The Bertz CT molecular complexity index is 1390. The van der Waals surface area contributed by atoms with Crippen LogP contribution in [0.4, 0.5) is 16.3 Å². The quantitative estimate of drug-likeness (QED) is 0.402. The van der Waals surface area contributed by atoms with Crippen LogP contribution in [0.2, 0.25) is 0 Å². The van der Waals surface area contributed by atoms with E-state index < -0.39 is 17.9 Å². The van der Waals surface area contributed by atoms with Crippen molar-refractivity contribution in [3.8, 4) is 0 Å². The Kier molecular flexibility index (Phi) is 5.89. The van der Waals surface area contributed by atoms with Gasteiger partial charge in [-0.15, -0.1) is 11.3 Å². The fourth-order valence-electron chi connectivity index (χ4n) is 5.45. The highest BCUT2D eigenvalue weighted by Crippen LogP contribution is 2.35. The number of amides is 2. The molecule has 3 aliphatic rings. The summed E-state index contributed by atoms with van der Waals surface area (Å²) >= 11 is 1.32. The number of hydrogen-bond donors (Lipinski definition) is 4. The molecule has 194 valence electrons. The van der Waals surface area contributed by atoms with E-state index in [1.54, 1.807) is 0 Å². The van der Waals surface area contributed by atoms with Crippen molar-refractivity contribution in [3.05, 3.63) is 46.1 Å². The number of rotatable bonds is 4. The number of thiophene rings is 1. The van der Waals surface area contributed by atoms with Crippen molar-refractivity contribution in [1.29, 1.82) is 0 Å². The molecule has 1 aliphatic carbocycles. The fourth-order valence-corrected chi connectivity index (χ4v) is 6.49. The van der Waals surface area contributed by atoms with E-state index in [0.29, 0.717) is 43.3 Å². The lowest BCUT2D eigenvalue weighted by Crippen LogP contribution is -2.52. The number of nitrogens with two attached hydrogens (primary N) is 1. The minimum absolute atomic E-state index is 0.0218. The normalized spacial score (nSPS) is 22.4. The SMILES string of the molecule is Cc1ccc2c(N)c(C(=O)N[C@H]3CCc4nc(N5C[C@@H](NC(=O)O)C6(C5)OCCO6)ccc4C3)sc2n1. The number of anilines is 2. The molecule has 0 saturated carbocycles. The molecule has 3 aromatic rings. The summed E-state index contributed by atoms with van der Waals surface area (Å²) in [6.07, 6.45) is 1.05. The average Bonchev–Trinajstić information content (AvgIpc) is 3.57. The minimum Gasteiger partial charge on any atom is -0.465 e. The van der Waals surface area contributed by atoms with Crippen molar-refractivity contribution in [1.82, 2.24) is 20.6 Å². The molecule has 2 aliphatic heterocycles. The summed E-state index contributed by atoms with van der Waals surface area (Å²) in [6, 6.07) is 7.25.